The fourth-order valence-corrected chi connectivity index (χ4v) is 1.47. The number of methoxy groups -OCH3 is 1. The molecule has 1 rings (SSSR count). The quantitative estimate of drug-likeness (QED) is 0.586. The number of benzene rings is 1. The summed E-state index contributed by atoms with van der Waals surface area (Å²) in [5.41, 5.74) is 1.90. The Hall–Kier alpha value is -1.35. The van der Waals surface area contributed by atoms with Crippen LogP contribution in [0.2, 0.25) is 5.02 Å². The van der Waals surface area contributed by atoms with Crippen LogP contribution in [0.5, 0.6) is 0 Å². The number of halogens is 1. The normalized spacial score (nSPS) is 9.80. The number of aryl methyl sites for hydroxylation is 1. The van der Waals surface area contributed by atoms with Gasteiger partial charge in [0, 0.05) is 10.6 Å². The van der Waals surface area contributed by atoms with Gasteiger partial charge < -0.3 is 4.74 Å². The van der Waals surface area contributed by atoms with E-state index in [0.29, 0.717) is 16.1 Å². The summed E-state index contributed by atoms with van der Waals surface area (Å²) in [7, 11) is 1.31. The van der Waals surface area contributed by atoms with Gasteiger partial charge in [0.2, 0.25) is 0 Å². The largest absolute Gasteiger partial charge is 0.469 e. The van der Waals surface area contributed by atoms with Gasteiger partial charge in [-0.25, -0.2) is 0 Å². The topological polar surface area (TPSA) is 43.4 Å². The Morgan fingerprint density at radius 2 is 2.20 bits per heavy atom. The fourth-order valence-electron chi connectivity index (χ4n) is 1.30. The summed E-state index contributed by atoms with van der Waals surface area (Å²) in [5.74, 6) is -0.376. The van der Waals surface area contributed by atoms with Crippen molar-refractivity contribution in [2.24, 2.45) is 0 Å². The van der Waals surface area contributed by atoms with E-state index in [2.05, 4.69) is 4.74 Å². The predicted octanol–water partition coefficient (Wildman–Crippen LogP) is 2.18. The molecule has 1 aromatic rings. The van der Waals surface area contributed by atoms with Gasteiger partial charge in [-0.3, -0.25) is 9.59 Å². The summed E-state index contributed by atoms with van der Waals surface area (Å²) in [4.78, 5) is 21.7. The lowest BCUT2D eigenvalue weighted by Gasteiger charge is -2.06. The van der Waals surface area contributed by atoms with E-state index in [1.54, 1.807) is 19.1 Å². The van der Waals surface area contributed by atoms with E-state index in [0.717, 1.165) is 11.8 Å². The van der Waals surface area contributed by atoms with Crippen molar-refractivity contribution < 1.29 is 14.3 Å². The molecule has 0 aliphatic rings. The van der Waals surface area contributed by atoms with E-state index in [9.17, 15) is 9.59 Å². The van der Waals surface area contributed by atoms with Crippen molar-refractivity contribution in [3.05, 3.63) is 33.8 Å². The van der Waals surface area contributed by atoms with Crippen molar-refractivity contribution in [2.75, 3.05) is 7.11 Å². The van der Waals surface area contributed by atoms with Crippen LogP contribution in [0.4, 0.5) is 0 Å². The van der Waals surface area contributed by atoms with Crippen LogP contribution in [0.3, 0.4) is 0 Å². The molecule has 0 unspecified atom stereocenters. The number of hydrogen-bond donors (Lipinski definition) is 0. The highest BCUT2D eigenvalue weighted by molar-refractivity contribution is 6.32. The SMILES string of the molecule is COC(=O)Cc1cc(C=O)cc(C)c1Cl. The Balaban J connectivity index is 3.10. The van der Waals surface area contributed by atoms with Crippen molar-refractivity contribution in [3.8, 4) is 0 Å². The number of esters is 1. The van der Waals surface area contributed by atoms with Gasteiger partial charge in [0.25, 0.3) is 0 Å². The molecule has 1 aromatic carbocycles. The van der Waals surface area contributed by atoms with Crippen LogP contribution in [0.15, 0.2) is 12.1 Å². The average Bonchev–Trinajstić information content (AvgIpc) is 2.24. The second kappa shape index (κ2) is 4.94. The van der Waals surface area contributed by atoms with Gasteiger partial charge in [0.15, 0.2) is 0 Å². The minimum atomic E-state index is -0.376. The van der Waals surface area contributed by atoms with Gasteiger partial charge in [-0.15, -0.1) is 0 Å². The third kappa shape index (κ3) is 2.80. The monoisotopic (exact) mass is 226 g/mol. The second-order valence-corrected chi connectivity index (χ2v) is 3.56. The van der Waals surface area contributed by atoms with Crippen LogP contribution in [0, 0.1) is 6.92 Å². The predicted molar refractivity (Wildman–Crippen MR) is 57.3 cm³/mol. The lowest BCUT2D eigenvalue weighted by Crippen LogP contribution is -2.06. The Labute approximate surface area is 93.0 Å². The van der Waals surface area contributed by atoms with E-state index in [-0.39, 0.29) is 12.4 Å². The molecule has 0 aliphatic carbocycles. The van der Waals surface area contributed by atoms with Gasteiger partial charge in [0.1, 0.15) is 6.29 Å². The highest BCUT2D eigenvalue weighted by Gasteiger charge is 2.10. The summed E-state index contributed by atoms with van der Waals surface area (Å²) in [6.07, 6.45) is 0.808. The van der Waals surface area contributed by atoms with Crippen molar-refractivity contribution in [3.63, 3.8) is 0 Å². The van der Waals surface area contributed by atoms with Crippen molar-refractivity contribution >= 4 is 23.9 Å². The summed E-state index contributed by atoms with van der Waals surface area (Å²) < 4.78 is 4.54. The van der Waals surface area contributed by atoms with Gasteiger partial charge in [-0.2, -0.15) is 0 Å². The first-order chi connectivity index (χ1) is 7.08. The maximum Gasteiger partial charge on any atom is 0.310 e. The number of aldehydes is 1. The van der Waals surface area contributed by atoms with Gasteiger partial charge in [0.05, 0.1) is 13.5 Å². The Kier molecular flexibility index (Phi) is 3.86. The number of rotatable bonds is 3. The number of ether oxygens (including phenoxy) is 1. The van der Waals surface area contributed by atoms with Crippen LogP contribution in [-0.4, -0.2) is 19.4 Å². The molecule has 0 heterocycles. The smallest absolute Gasteiger partial charge is 0.310 e. The van der Waals surface area contributed by atoms with Crippen LogP contribution < -0.4 is 0 Å². The van der Waals surface area contributed by atoms with Gasteiger partial charge in [-0.1, -0.05) is 11.6 Å². The van der Waals surface area contributed by atoms with Gasteiger partial charge in [-0.05, 0) is 30.2 Å². The van der Waals surface area contributed by atoms with Gasteiger partial charge >= 0.3 is 5.97 Å². The third-order valence-electron chi connectivity index (χ3n) is 2.05. The van der Waals surface area contributed by atoms with Crippen LogP contribution >= 0.6 is 11.6 Å². The second-order valence-electron chi connectivity index (χ2n) is 3.18. The molecule has 0 fully saturated rings. The number of hydrogen-bond acceptors (Lipinski definition) is 3. The number of carbonyl (C=O) groups excluding carboxylic acids is 2. The fraction of sp³-hybridized carbons (Fsp3) is 0.273. The molecule has 4 heteroatoms. The molecule has 0 amide bonds. The molecule has 0 aromatic heterocycles. The minimum absolute atomic E-state index is 0.0812. The zero-order chi connectivity index (χ0) is 11.4. The van der Waals surface area contributed by atoms with E-state index >= 15 is 0 Å². The van der Waals surface area contributed by atoms with Crippen molar-refractivity contribution in [1.29, 1.82) is 0 Å². The standard InChI is InChI=1S/C11H11ClO3/c1-7-3-8(6-13)4-9(11(7)12)5-10(14)15-2/h3-4,6H,5H2,1-2H3. The van der Waals surface area contributed by atoms with E-state index < -0.39 is 0 Å². The highest BCUT2D eigenvalue weighted by atomic mass is 35.5. The lowest BCUT2D eigenvalue weighted by molar-refractivity contribution is -0.139. The van der Waals surface area contributed by atoms with E-state index in [4.69, 9.17) is 11.6 Å². The average molecular weight is 227 g/mol. The summed E-state index contributed by atoms with van der Waals surface area (Å²) in [5, 5.41) is 0.506. The lowest BCUT2D eigenvalue weighted by atomic mass is 10.0. The zero-order valence-electron chi connectivity index (χ0n) is 8.54. The van der Waals surface area contributed by atoms with E-state index in [1.807, 2.05) is 0 Å². The molecule has 0 atom stereocenters. The molecule has 0 N–H and O–H groups in total. The summed E-state index contributed by atoms with van der Waals surface area (Å²) in [6.45, 7) is 1.79. The summed E-state index contributed by atoms with van der Waals surface area (Å²) in [6, 6.07) is 3.27. The van der Waals surface area contributed by atoms with Crippen LogP contribution in [0.25, 0.3) is 0 Å². The van der Waals surface area contributed by atoms with Crippen LogP contribution in [0.1, 0.15) is 21.5 Å². The molecule has 0 aliphatic heterocycles. The third-order valence-corrected chi connectivity index (χ3v) is 2.59. The first kappa shape index (κ1) is 11.7. The molecule has 0 radical (unpaired) electrons. The molecule has 0 bridgehead atoms. The Morgan fingerprint density at radius 1 is 1.53 bits per heavy atom. The highest BCUT2D eigenvalue weighted by Crippen LogP contribution is 2.22. The minimum Gasteiger partial charge on any atom is -0.469 e. The first-order valence-electron chi connectivity index (χ1n) is 4.39. The molecule has 80 valence electrons. The first-order valence-corrected chi connectivity index (χ1v) is 4.77. The molecule has 0 saturated carbocycles. The maximum atomic E-state index is 11.1. The molecular formula is C11H11ClO3. The van der Waals surface area contributed by atoms with Crippen molar-refractivity contribution in [1.82, 2.24) is 0 Å². The Bertz CT molecular complexity index is 399. The van der Waals surface area contributed by atoms with Crippen molar-refractivity contribution in [2.45, 2.75) is 13.3 Å². The molecule has 0 saturated heterocycles. The zero-order valence-corrected chi connectivity index (χ0v) is 9.30. The molecule has 15 heavy (non-hydrogen) atoms. The molecule has 3 nitrogen and oxygen atoms in total. The van der Waals surface area contributed by atoms with Crippen LogP contribution in [-0.2, 0) is 16.0 Å². The summed E-state index contributed by atoms with van der Waals surface area (Å²) >= 11 is 6.00. The Morgan fingerprint density at radius 3 is 2.73 bits per heavy atom. The maximum absolute atomic E-state index is 11.1. The molecular weight excluding hydrogens is 216 g/mol. The molecule has 0 spiro atoms. The number of carbonyl (C=O) groups is 2. The van der Waals surface area contributed by atoms with E-state index in [1.165, 1.54) is 7.11 Å².